The summed E-state index contributed by atoms with van der Waals surface area (Å²) in [6, 6.07) is 12.1. The molecule has 6 heteroatoms. The summed E-state index contributed by atoms with van der Waals surface area (Å²) in [4.78, 5) is 30.5. The standard InChI is InChI=1S/C22H26N2O3S/c1-27-19-8-4-16(5-9-19)15-24(18-6-7-18)21(25)17-10-12-23(13-11-17)22(26)20-3-2-14-28-20/h2-5,8-9,14,17-18H,6-7,10-13,15H2,1H3. The summed E-state index contributed by atoms with van der Waals surface area (Å²) < 4.78 is 5.22. The van der Waals surface area contributed by atoms with E-state index in [1.54, 1.807) is 7.11 Å². The predicted molar refractivity (Wildman–Crippen MR) is 110 cm³/mol. The minimum absolute atomic E-state index is 0.0197. The number of ether oxygens (including phenoxy) is 1. The summed E-state index contributed by atoms with van der Waals surface area (Å²) in [5.41, 5.74) is 1.13. The lowest BCUT2D eigenvalue weighted by Gasteiger charge is -2.34. The van der Waals surface area contributed by atoms with Crippen LogP contribution in [-0.2, 0) is 11.3 Å². The van der Waals surface area contributed by atoms with Gasteiger partial charge in [0.15, 0.2) is 0 Å². The van der Waals surface area contributed by atoms with Gasteiger partial charge >= 0.3 is 0 Å². The molecule has 1 aliphatic heterocycles. The van der Waals surface area contributed by atoms with Crippen molar-refractivity contribution < 1.29 is 14.3 Å². The van der Waals surface area contributed by atoms with E-state index in [2.05, 4.69) is 4.90 Å². The number of carbonyl (C=O) groups excluding carboxylic acids is 2. The lowest BCUT2D eigenvalue weighted by Crippen LogP contribution is -2.44. The quantitative estimate of drug-likeness (QED) is 0.744. The van der Waals surface area contributed by atoms with Crippen molar-refractivity contribution in [3.8, 4) is 5.75 Å². The van der Waals surface area contributed by atoms with Crippen molar-refractivity contribution in [1.82, 2.24) is 9.80 Å². The highest BCUT2D eigenvalue weighted by atomic mass is 32.1. The Kier molecular flexibility index (Phi) is 5.67. The zero-order valence-corrected chi connectivity index (χ0v) is 17.0. The highest BCUT2D eigenvalue weighted by Gasteiger charge is 2.37. The van der Waals surface area contributed by atoms with Crippen LogP contribution in [0, 0.1) is 5.92 Å². The molecular formula is C22H26N2O3S. The van der Waals surface area contributed by atoms with E-state index in [4.69, 9.17) is 4.74 Å². The van der Waals surface area contributed by atoms with Crippen LogP contribution in [0.25, 0.3) is 0 Å². The molecule has 0 unspecified atom stereocenters. The second-order valence-corrected chi connectivity index (χ2v) is 8.54. The molecule has 148 valence electrons. The Bertz CT molecular complexity index is 807. The molecule has 1 aliphatic carbocycles. The van der Waals surface area contributed by atoms with Crippen LogP contribution in [0.2, 0.25) is 0 Å². The first-order chi connectivity index (χ1) is 13.7. The van der Waals surface area contributed by atoms with Gasteiger partial charge in [0.1, 0.15) is 5.75 Å². The fourth-order valence-electron chi connectivity index (χ4n) is 3.82. The van der Waals surface area contributed by atoms with Gasteiger partial charge in [-0.1, -0.05) is 18.2 Å². The van der Waals surface area contributed by atoms with Crippen LogP contribution in [0.4, 0.5) is 0 Å². The van der Waals surface area contributed by atoms with Gasteiger partial charge in [0.2, 0.25) is 5.91 Å². The summed E-state index contributed by atoms with van der Waals surface area (Å²) in [6.07, 6.45) is 3.69. The van der Waals surface area contributed by atoms with Gasteiger partial charge in [-0.3, -0.25) is 9.59 Å². The fourth-order valence-corrected chi connectivity index (χ4v) is 4.51. The van der Waals surface area contributed by atoms with E-state index in [1.165, 1.54) is 11.3 Å². The van der Waals surface area contributed by atoms with Gasteiger partial charge in [-0.2, -0.15) is 0 Å². The summed E-state index contributed by atoms with van der Waals surface area (Å²) >= 11 is 1.48. The van der Waals surface area contributed by atoms with E-state index in [-0.39, 0.29) is 17.7 Å². The van der Waals surface area contributed by atoms with Gasteiger partial charge in [-0.25, -0.2) is 0 Å². The van der Waals surface area contributed by atoms with Crippen LogP contribution in [0.1, 0.15) is 40.9 Å². The SMILES string of the molecule is COc1ccc(CN(C(=O)C2CCN(C(=O)c3cccs3)CC2)C2CC2)cc1. The van der Waals surface area contributed by atoms with E-state index >= 15 is 0 Å². The first kappa shape index (κ1) is 19.0. The molecule has 2 amide bonds. The Balaban J connectivity index is 1.36. The molecule has 0 spiro atoms. The molecule has 1 saturated heterocycles. The molecule has 1 aromatic carbocycles. The molecule has 0 N–H and O–H groups in total. The Labute approximate surface area is 169 Å². The highest BCUT2D eigenvalue weighted by molar-refractivity contribution is 7.12. The Morgan fingerprint density at radius 3 is 2.39 bits per heavy atom. The summed E-state index contributed by atoms with van der Waals surface area (Å²) in [5.74, 6) is 1.20. The third kappa shape index (κ3) is 4.22. The summed E-state index contributed by atoms with van der Waals surface area (Å²) in [6.45, 7) is 1.98. The molecule has 1 aromatic heterocycles. The van der Waals surface area contributed by atoms with Gasteiger partial charge in [0.05, 0.1) is 12.0 Å². The molecule has 2 aromatic rings. The zero-order valence-electron chi connectivity index (χ0n) is 16.2. The second-order valence-electron chi connectivity index (χ2n) is 7.59. The summed E-state index contributed by atoms with van der Waals surface area (Å²) in [7, 11) is 1.66. The van der Waals surface area contributed by atoms with Crippen molar-refractivity contribution in [3.63, 3.8) is 0 Å². The normalized spacial score (nSPS) is 17.4. The van der Waals surface area contributed by atoms with Gasteiger partial charge in [-0.15, -0.1) is 11.3 Å². The smallest absolute Gasteiger partial charge is 0.263 e. The highest BCUT2D eigenvalue weighted by Crippen LogP contribution is 2.32. The molecule has 2 heterocycles. The van der Waals surface area contributed by atoms with Crippen molar-refractivity contribution in [3.05, 3.63) is 52.2 Å². The van der Waals surface area contributed by atoms with Crippen molar-refractivity contribution in [2.75, 3.05) is 20.2 Å². The fraction of sp³-hybridized carbons (Fsp3) is 0.455. The van der Waals surface area contributed by atoms with Gasteiger partial charge in [0.25, 0.3) is 5.91 Å². The van der Waals surface area contributed by atoms with E-state index in [0.29, 0.717) is 25.7 Å². The monoisotopic (exact) mass is 398 g/mol. The number of nitrogens with zero attached hydrogens (tertiary/aromatic N) is 2. The number of rotatable bonds is 6. The molecule has 0 atom stereocenters. The average Bonchev–Trinajstić information content (AvgIpc) is 3.44. The van der Waals surface area contributed by atoms with Gasteiger partial charge < -0.3 is 14.5 Å². The molecule has 0 bridgehead atoms. The number of hydrogen-bond acceptors (Lipinski definition) is 4. The van der Waals surface area contributed by atoms with E-state index in [9.17, 15) is 9.59 Å². The number of carbonyl (C=O) groups is 2. The molecule has 28 heavy (non-hydrogen) atoms. The minimum Gasteiger partial charge on any atom is -0.497 e. The van der Waals surface area contributed by atoms with Crippen molar-refractivity contribution in [2.24, 2.45) is 5.92 Å². The average molecular weight is 399 g/mol. The van der Waals surface area contributed by atoms with Crippen LogP contribution in [0.5, 0.6) is 5.75 Å². The summed E-state index contributed by atoms with van der Waals surface area (Å²) in [5, 5.41) is 1.93. The molecule has 2 aliphatic rings. The van der Waals surface area contributed by atoms with E-state index < -0.39 is 0 Å². The number of methoxy groups -OCH3 is 1. The minimum atomic E-state index is 0.0197. The molecular weight excluding hydrogens is 372 g/mol. The van der Waals surface area contributed by atoms with Crippen LogP contribution >= 0.6 is 11.3 Å². The topological polar surface area (TPSA) is 49.9 Å². The lowest BCUT2D eigenvalue weighted by atomic mass is 9.94. The van der Waals surface area contributed by atoms with Crippen molar-refractivity contribution in [2.45, 2.75) is 38.3 Å². The number of benzene rings is 1. The maximum Gasteiger partial charge on any atom is 0.263 e. The number of piperidine rings is 1. The van der Waals surface area contributed by atoms with E-state index in [1.807, 2.05) is 46.7 Å². The Hall–Kier alpha value is -2.34. The maximum absolute atomic E-state index is 13.2. The molecule has 0 radical (unpaired) electrons. The maximum atomic E-state index is 13.2. The van der Waals surface area contributed by atoms with Gasteiger partial charge in [-0.05, 0) is 54.8 Å². The van der Waals surface area contributed by atoms with Gasteiger partial charge in [0, 0.05) is 31.6 Å². The third-order valence-electron chi connectivity index (χ3n) is 5.65. The largest absolute Gasteiger partial charge is 0.497 e. The first-order valence-corrected chi connectivity index (χ1v) is 10.8. The van der Waals surface area contributed by atoms with Crippen LogP contribution in [0.15, 0.2) is 41.8 Å². The Morgan fingerprint density at radius 2 is 1.82 bits per heavy atom. The molecule has 2 fully saturated rings. The van der Waals surface area contributed by atoms with Crippen LogP contribution < -0.4 is 4.74 Å². The number of thiophene rings is 1. The molecule has 4 rings (SSSR count). The van der Waals surface area contributed by atoms with Crippen molar-refractivity contribution in [1.29, 1.82) is 0 Å². The molecule has 1 saturated carbocycles. The van der Waals surface area contributed by atoms with Crippen LogP contribution in [0.3, 0.4) is 0 Å². The zero-order chi connectivity index (χ0) is 19.5. The van der Waals surface area contributed by atoms with Crippen LogP contribution in [-0.4, -0.2) is 47.9 Å². The predicted octanol–water partition coefficient (Wildman–Crippen LogP) is 3.80. The Morgan fingerprint density at radius 1 is 1.11 bits per heavy atom. The number of likely N-dealkylation sites (tertiary alicyclic amines) is 1. The van der Waals surface area contributed by atoms with E-state index in [0.717, 1.165) is 41.9 Å². The third-order valence-corrected chi connectivity index (χ3v) is 6.50. The number of hydrogen-bond donors (Lipinski definition) is 0. The molecule has 5 nitrogen and oxygen atoms in total. The lowest BCUT2D eigenvalue weighted by molar-refractivity contribution is -0.138. The number of amides is 2. The first-order valence-electron chi connectivity index (χ1n) is 9.92. The van der Waals surface area contributed by atoms with Crippen molar-refractivity contribution >= 4 is 23.2 Å². The second kappa shape index (κ2) is 8.35.